The van der Waals surface area contributed by atoms with Crippen LogP contribution in [0.4, 0.5) is 0 Å². The SMILES string of the molecule is COC1OC(=O)C(C)=C1NC1CCC(CCCc2ccccc2)CC1. The smallest absolute Gasteiger partial charge is 0.338 e. The van der Waals surface area contributed by atoms with Crippen LogP contribution in [0.2, 0.25) is 0 Å². The number of benzene rings is 1. The van der Waals surface area contributed by atoms with E-state index in [0.717, 1.165) is 24.5 Å². The van der Waals surface area contributed by atoms with Crippen molar-refractivity contribution < 1.29 is 14.3 Å². The van der Waals surface area contributed by atoms with E-state index in [9.17, 15) is 4.79 Å². The standard InChI is InChI=1S/C21H29NO3/c1-15-19(21(24-2)25-20(15)23)22-18-13-11-17(12-14-18)10-6-9-16-7-4-3-5-8-16/h3-5,7-8,17-18,21-22H,6,9-14H2,1-2H3. The van der Waals surface area contributed by atoms with Crippen LogP contribution in [0.1, 0.15) is 51.0 Å². The Balaban J connectivity index is 1.41. The lowest BCUT2D eigenvalue weighted by atomic mass is 9.82. The fourth-order valence-electron chi connectivity index (χ4n) is 3.93. The number of hydrogen-bond donors (Lipinski definition) is 1. The highest BCUT2D eigenvalue weighted by molar-refractivity contribution is 5.91. The predicted octanol–water partition coefficient (Wildman–Crippen LogP) is 3.96. The van der Waals surface area contributed by atoms with Crippen molar-refractivity contribution in [2.24, 2.45) is 5.92 Å². The van der Waals surface area contributed by atoms with E-state index < -0.39 is 6.29 Å². The van der Waals surface area contributed by atoms with Crippen molar-refractivity contribution in [1.82, 2.24) is 5.32 Å². The molecule has 1 aliphatic carbocycles. The summed E-state index contributed by atoms with van der Waals surface area (Å²) in [6, 6.07) is 11.2. The molecular formula is C21H29NO3. The Morgan fingerprint density at radius 2 is 1.88 bits per heavy atom. The number of methoxy groups -OCH3 is 1. The number of aryl methyl sites for hydroxylation is 1. The molecule has 136 valence electrons. The third-order valence-electron chi connectivity index (χ3n) is 5.50. The average Bonchev–Trinajstić information content (AvgIpc) is 2.92. The summed E-state index contributed by atoms with van der Waals surface area (Å²) in [5.41, 5.74) is 2.91. The maximum Gasteiger partial charge on any atom is 0.338 e. The van der Waals surface area contributed by atoms with Gasteiger partial charge in [0, 0.05) is 13.2 Å². The molecule has 1 aromatic carbocycles. The Kier molecular flexibility index (Phi) is 6.14. The summed E-state index contributed by atoms with van der Waals surface area (Å²) in [6.07, 6.45) is 8.01. The molecule has 0 bridgehead atoms. The van der Waals surface area contributed by atoms with Crippen molar-refractivity contribution in [3.63, 3.8) is 0 Å². The zero-order valence-corrected chi connectivity index (χ0v) is 15.3. The molecule has 3 rings (SSSR count). The number of ether oxygens (including phenoxy) is 2. The van der Waals surface area contributed by atoms with Gasteiger partial charge in [-0.15, -0.1) is 0 Å². The summed E-state index contributed by atoms with van der Waals surface area (Å²) in [4.78, 5) is 11.7. The maximum absolute atomic E-state index is 11.7. The molecule has 1 heterocycles. The molecule has 1 aliphatic heterocycles. The summed E-state index contributed by atoms with van der Waals surface area (Å²) in [6.45, 7) is 1.80. The zero-order valence-electron chi connectivity index (χ0n) is 15.3. The van der Waals surface area contributed by atoms with Crippen molar-refractivity contribution in [1.29, 1.82) is 0 Å². The zero-order chi connectivity index (χ0) is 17.6. The van der Waals surface area contributed by atoms with Gasteiger partial charge < -0.3 is 14.8 Å². The fraction of sp³-hybridized carbons (Fsp3) is 0.571. The monoisotopic (exact) mass is 343 g/mol. The first-order valence-corrected chi connectivity index (χ1v) is 9.42. The Labute approximate surface area is 150 Å². The van der Waals surface area contributed by atoms with Crippen LogP contribution in [0.5, 0.6) is 0 Å². The van der Waals surface area contributed by atoms with Crippen molar-refractivity contribution in [2.45, 2.75) is 64.2 Å². The van der Waals surface area contributed by atoms with Gasteiger partial charge >= 0.3 is 5.97 Å². The van der Waals surface area contributed by atoms with Gasteiger partial charge in [-0.1, -0.05) is 36.8 Å². The van der Waals surface area contributed by atoms with Crippen LogP contribution < -0.4 is 5.32 Å². The molecule has 2 aliphatic rings. The molecule has 1 saturated carbocycles. The van der Waals surface area contributed by atoms with Crippen LogP contribution in [0.25, 0.3) is 0 Å². The molecule has 1 fully saturated rings. The molecule has 4 heteroatoms. The Bertz CT molecular complexity index is 603. The molecule has 0 amide bonds. The van der Waals surface area contributed by atoms with Crippen LogP contribution in [-0.4, -0.2) is 25.4 Å². The molecule has 0 saturated heterocycles. The lowest BCUT2D eigenvalue weighted by Crippen LogP contribution is -2.36. The largest absolute Gasteiger partial charge is 0.426 e. The number of carbonyl (C=O) groups excluding carboxylic acids is 1. The van der Waals surface area contributed by atoms with Crippen molar-refractivity contribution in [2.75, 3.05) is 7.11 Å². The number of carbonyl (C=O) groups is 1. The Morgan fingerprint density at radius 3 is 2.56 bits per heavy atom. The van der Waals surface area contributed by atoms with E-state index in [4.69, 9.17) is 9.47 Å². The van der Waals surface area contributed by atoms with Gasteiger partial charge in [0.05, 0.1) is 11.3 Å². The molecule has 0 spiro atoms. The van der Waals surface area contributed by atoms with E-state index in [1.165, 1.54) is 37.7 Å². The molecule has 1 N–H and O–H groups in total. The van der Waals surface area contributed by atoms with E-state index in [0.29, 0.717) is 11.6 Å². The van der Waals surface area contributed by atoms with E-state index in [2.05, 4.69) is 35.6 Å². The highest BCUT2D eigenvalue weighted by atomic mass is 16.7. The Hall–Kier alpha value is -1.81. The van der Waals surface area contributed by atoms with Crippen LogP contribution in [0.15, 0.2) is 41.6 Å². The highest BCUT2D eigenvalue weighted by Crippen LogP contribution is 2.30. The molecule has 1 atom stereocenters. The van der Waals surface area contributed by atoms with Crippen molar-refractivity contribution in [3.05, 3.63) is 47.2 Å². The van der Waals surface area contributed by atoms with Crippen LogP contribution >= 0.6 is 0 Å². The highest BCUT2D eigenvalue weighted by Gasteiger charge is 2.33. The van der Waals surface area contributed by atoms with Gasteiger partial charge in [-0.3, -0.25) is 0 Å². The average molecular weight is 343 g/mol. The van der Waals surface area contributed by atoms with Crippen LogP contribution in [-0.2, 0) is 20.7 Å². The summed E-state index contributed by atoms with van der Waals surface area (Å²) in [5.74, 6) is 0.556. The van der Waals surface area contributed by atoms with Gasteiger partial charge in [-0.05, 0) is 56.9 Å². The second-order valence-electron chi connectivity index (χ2n) is 7.25. The number of rotatable bonds is 7. The third kappa shape index (κ3) is 4.63. The molecule has 4 nitrogen and oxygen atoms in total. The number of esters is 1. The minimum absolute atomic E-state index is 0.274. The second kappa shape index (κ2) is 8.52. The number of hydrogen-bond acceptors (Lipinski definition) is 4. The lowest BCUT2D eigenvalue weighted by molar-refractivity contribution is -0.156. The summed E-state index contributed by atoms with van der Waals surface area (Å²) < 4.78 is 10.5. The summed E-state index contributed by atoms with van der Waals surface area (Å²) >= 11 is 0. The number of cyclic esters (lactones) is 1. The molecule has 25 heavy (non-hydrogen) atoms. The number of nitrogens with one attached hydrogen (secondary N) is 1. The van der Waals surface area contributed by atoms with Gasteiger partial charge in [0.2, 0.25) is 6.29 Å². The first-order chi connectivity index (χ1) is 12.2. The van der Waals surface area contributed by atoms with Gasteiger partial charge in [0.25, 0.3) is 0 Å². The van der Waals surface area contributed by atoms with Gasteiger partial charge in [-0.25, -0.2) is 4.79 Å². The summed E-state index contributed by atoms with van der Waals surface area (Å²) in [7, 11) is 1.57. The molecular weight excluding hydrogens is 314 g/mol. The predicted molar refractivity (Wildman–Crippen MR) is 97.9 cm³/mol. The van der Waals surface area contributed by atoms with E-state index >= 15 is 0 Å². The first-order valence-electron chi connectivity index (χ1n) is 9.42. The van der Waals surface area contributed by atoms with E-state index in [1.807, 2.05) is 0 Å². The lowest BCUT2D eigenvalue weighted by Gasteiger charge is -2.31. The maximum atomic E-state index is 11.7. The van der Waals surface area contributed by atoms with E-state index in [-0.39, 0.29) is 5.97 Å². The fourth-order valence-corrected chi connectivity index (χ4v) is 3.93. The molecule has 1 unspecified atom stereocenters. The first kappa shape index (κ1) is 18.0. The summed E-state index contributed by atoms with van der Waals surface area (Å²) in [5, 5.41) is 3.51. The van der Waals surface area contributed by atoms with E-state index in [1.54, 1.807) is 14.0 Å². The molecule has 0 radical (unpaired) electrons. The minimum Gasteiger partial charge on any atom is -0.426 e. The normalized spacial score (nSPS) is 26.6. The second-order valence-corrected chi connectivity index (χ2v) is 7.25. The topological polar surface area (TPSA) is 47.6 Å². The Morgan fingerprint density at radius 1 is 1.16 bits per heavy atom. The van der Waals surface area contributed by atoms with Gasteiger partial charge in [0.1, 0.15) is 0 Å². The van der Waals surface area contributed by atoms with Crippen LogP contribution in [0, 0.1) is 5.92 Å². The van der Waals surface area contributed by atoms with Crippen LogP contribution in [0.3, 0.4) is 0 Å². The molecule has 0 aromatic heterocycles. The quantitative estimate of drug-likeness (QED) is 0.761. The van der Waals surface area contributed by atoms with Gasteiger partial charge in [-0.2, -0.15) is 0 Å². The van der Waals surface area contributed by atoms with Crippen molar-refractivity contribution in [3.8, 4) is 0 Å². The van der Waals surface area contributed by atoms with Gasteiger partial charge in [0.15, 0.2) is 0 Å². The minimum atomic E-state index is -0.559. The van der Waals surface area contributed by atoms with Crippen molar-refractivity contribution >= 4 is 5.97 Å². The third-order valence-corrected chi connectivity index (χ3v) is 5.50. The molecule has 1 aromatic rings.